The predicted molar refractivity (Wildman–Crippen MR) is 57.4 cm³/mol. The molecule has 0 saturated carbocycles. The van der Waals surface area contributed by atoms with Crippen LogP contribution in [0.5, 0.6) is 0 Å². The van der Waals surface area contributed by atoms with Gasteiger partial charge in [0, 0.05) is 12.5 Å². The SMILES string of the molecule is C[C@H]1CCC[C@H](C(=O)[O-])N1C(=O)CCS. The summed E-state index contributed by atoms with van der Waals surface area (Å²) >= 11 is 3.98. The van der Waals surface area contributed by atoms with Crippen LogP contribution in [0.3, 0.4) is 0 Å². The highest BCUT2D eigenvalue weighted by molar-refractivity contribution is 7.80. The second kappa shape index (κ2) is 5.39. The summed E-state index contributed by atoms with van der Waals surface area (Å²) in [5, 5.41) is 10.9. The smallest absolute Gasteiger partial charge is 0.224 e. The zero-order chi connectivity index (χ0) is 11.4. The van der Waals surface area contributed by atoms with Crippen LogP contribution in [0.2, 0.25) is 0 Å². The minimum Gasteiger partial charge on any atom is -0.548 e. The summed E-state index contributed by atoms with van der Waals surface area (Å²) in [6, 6.07) is -0.754. The molecular weight excluding hydrogens is 214 g/mol. The second-order valence-electron chi connectivity index (χ2n) is 3.89. The van der Waals surface area contributed by atoms with E-state index in [1.54, 1.807) is 0 Å². The summed E-state index contributed by atoms with van der Waals surface area (Å²) < 4.78 is 0. The number of carbonyl (C=O) groups is 2. The number of likely N-dealkylation sites (tertiary alicyclic amines) is 1. The van der Waals surface area contributed by atoms with Crippen LogP contribution in [-0.4, -0.2) is 34.6 Å². The van der Waals surface area contributed by atoms with Gasteiger partial charge in [0.25, 0.3) is 0 Å². The number of nitrogens with zero attached hydrogens (tertiary/aromatic N) is 1. The summed E-state index contributed by atoms with van der Waals surface area (Å²) in [4.78, 5) is 24.1. The molecule has 4 nitrogen and oxygen atoms in total. The average Bonchev–Trinajstić information content (AvgIpc) is 2.17. The Morgan fingerprint density at radius 1 is 1.47 bits per heavy atom. The van der Waals surface area contributed by atoms with E-state index in [0.717, 1.165) is 12.8 Å². The first-order chi connectivity index (χ1) is 7.07. The molecule has 1 aliphatic rings. The molecule has 2 atom stereocenters. The molecule has 0 aromatic rings. The summed E-state index contributed by atoms with van der Waals surface area (Å²) in [6.07, 6.45) is 2.49. The maximum atomic E-state index is 11.7. The van der Waals surface area contributed by atoms with Crippen LogP contribution in [0.4, 0.5) is 0 Å². The van der Waals surface area contributed by atoms with Gasteiger partial charge in [0.05, 0.1) is 12.0 Å². The van der Waals surface area contributed by atoms with Crippen molar-refractivity contribution in [2.24, 2.45) is 0 Å². The van der Waals surface area contributed by atoms with Crippen molar-refractivity contribution in [3.63, 3.8) is 0 Å². The first-order valence-corrected chi connectivity index (χ1v) is 5.84. The van der Waals surface area contributed by atoms with Gasteiger partial charge in [-0.2, -0.15) is 12.6 Å². The summed E-state index contributed by atoms with van der Waals surface area (Å²) in [7, 11) is 0. The molecule has 0 unspecified atom stereocenters. The van der Waals surface area contributed by atoms with E-state index in [9.17, 15) is 14.7 Å². The van der Waals surface area contributed by atoms with Gasteiger partial charge in [-0.1, -0.05) is 0 Å². The number of hydrogen-bond acceptors (Lipinski definition) is 4. The van der Waals surface area contributed by atoms with E-state index in [0.29, 0.717) is 12.2 Å². The molecular formula is C10H16NO3S-. The Morgan fingerprint density at radius 3 is 2.67 bits per heavy atom. The highest BCUT2D eigenvalue weighted by atomic mass is 32.1. The second-order valence-corrected chi connectivity index (χ2v) is 4.34. The molecule has 0 aliphatic carbocycles. The molecule has 0 aromatic carbocycles. The largest absolute Gasteiger partial charge is 0.548 e. The van der Waals surface area contributed by atoms with Crippen LogP contribution in [0.1, 0.15) is 32.6 Å². The monoisotopic (exact) mass is 230 g/mol. The van der Waals surface area contributed by atoms with Crippen molar-refractivity contribution in [2.75, 3.05) is 5.75 Å². The van der Waals surface area contributed by atoms with E-state index in [4.69, 9.17) is 0 Å². The number of rotatable bonds is 3. The van der Waals surface area contributed by atoms with Crippen LogP contribution in [0.25, 0.3) is 0 Å². The third-order valence-electron chi connectivity index (χ3n) is 2.80. The Kier molecular flexibility index (Phi) is 4.45. The van der Waals surface area contributed by atoms with Crippen molar-refractivity contribution in [3.05, 3.63) is 0 Å². The number of carboxylic acid groups (broad SMARTS) is 1. The molecule has 1 fully saturated rings. The zero-order valence-electron chi connectivity index (χ0n) is 8.81. The molecule has 1 rings (SSSR count). The Balaban J connectivity index is 2.76. The fourth-order valence-electron chi connectivity index (χ4n) is 2.07. The molecule has 0 aromatic heterocycles. The third kappa shape index (κ3) is 2.87. The fourth-order valence-corrected chi connectivity index (χ4v) is 2.26. The maximum Gasteiger partial charge on any atom is 0.224 e. The number of carbonyl (C=O) groups excluding carboxylic acids is 2. The molecule has 1 amide bonds. The van der Waals surface area contributed by atoms with Crippen molar-refractivity contribution >= 4 is 24.5 Å². The lowest BCUT2D eigenvalue weighted by molar-refractivity contribution is -0.312. The molecule has 5 heteroatoms. The van der Waals surface area contributed by atoms with E-state index in [2.05, 4.69) is 12.6 Å². The van der Waals surface area contributed by atoms with Crippen molar-refractivity contribution in [2.45, 2.75) is 44.7 Å². The third-order valence-corrected chi connectivity index (χ3v) is 3.02. The number of thiol groups is 1. The van der Waals surface area contributed by atoms with Crippen molar-refractivity contribution in [1.82, 2.24) is 4.90 Å². The minimum atomic E-state index is -1.14. The van der Waals surface area contributed by atoms with Gasteiger partial charge in [-0.05, 0) is 31.9 Å². The topological polar surface area (TPSA) is 60.4 Å². The standard InChI is InChI=1S/C10H17NO3S/c1-7-3-2-4-8(10(13)14)11(7)9(12)5-6-15/h7-8,15H,2-6H2,1H3,(H,13,14)/p-1/t7-,8+/m0/s1. The maximum absolute atomic E-state index is 11.7. The number of carboxylic acids is 1. The molecule has 0 bridgehead atoms. The molecule has 1 heterocycles. The van der Waals surface area contributed by atoms with Gasteiger partial charge >= 0.3 is 0 Å². The Bertz CT molecular complexity index is 257. The Labute approximate surface area is 95.1 Å². The summed E-state index contributed by atoms with van der Waals surface area (Å²) in [6.45, 7) is 1.88. The lowest BCUT2D eigenvalue weighted by Gasteiger charge is -2.41. The quantitative estimate of drug-likeness (QED) is 0.685. The van der Waals surface area contributed by atoms with Crippen LogP contribution >= 0.6 is 12.6 Å². The van der Waals surface area contributed by atoms with E-state index in [-0.39, 0.29) is 18.4 Å². The van der Waals surface area contributed by atoms with E-state index in [1.807, 2.05) is 6.92 Å². The Hall–Kier alpha value is -0.710. The first kappa shape index (κ1) is 12.4. The highest BCUT2D eigenvalue weighted by Gasteiger charge is 2.31. The summed E-state index contributed by atoms with van der Waals surface area (Å²) in [5.74, 6) is -0.831. The van der Waals surface area contributed by atoms with E-state index < -0.39 is 12.0 Å². The molecule has 15 heavy (non-hydrogen) atoms. The van der Waals surface area contributed by atoms with Gasteiger partial charge in [0.2, 0.25) is 5.91 Å². The van der Waals surface area contributed by atoms with Gasteiger partial charge < -0.3 is 14.8 Å². The fraction of sp³-hybridized carbons (Fsp3) is 0.800. The lowest BCUT2D eigenvalue weighted by Crippen LogP contribution is -2.56. The predicted octanol–water partition coefficient (Wildman–Crippen LogP) is -0.174. The van der Waals surface area contributed by atoms with Gasteiger partial charge in [-0.3, -0.25) is 4.79 Å². The van der Waals surface area contributed by atoms with E-state index in [1.165, 1.54) is 4.90 Å². The zero-order valence-corrected chi connectivity index (χ0v) is 9.70. The highest BCUT2D eigenvalue weighted by Crippen LogP contribution is 2.23. The Morgan fingerprint density at radius 2 is 2.13 bits per heavy atom. The van der Waals surface area contributed by atoms with Crippen LogP contribution in [0, 0.1) is 0 Å². The lowest BCUT2D eigenvalue weighted by atomic mass is 9.96. The van der Waals surface area contributed by atoms with E-state index >= 15 is 0 Å². The number of aliphatic carboxylic acids is 1. The molecule has 1 saturated heterocycles. The van der Waals surface area contributed by atoms with Gasteiger partial charge in [0.15, 0.2) is 0 Å². The van der Waals surface area contributed by atoms with Crippen LogP contribution in [-0.2, 0) is 9.59 Å². The molecule has 86 valence electrons. The van der Waals surface area contributed by atoms with Gasteiger partial charge in [0.1, 0.15) is 0 Å². The summed E-state index contributed by atoms with van der Waals surface area (Å²) in [5.41, 5.74) is 0. The van der Waals surface area contributed by atoms with Crippen LogP contribution < -0.4 is 5.11 Å². The number of amides is 1. The van der Waals surface area contributed by atoms with Gasteiger partial charge in [-0.25, -0.2) is 0 Å². The van der Waals surface area contributed by atoms with Crippen molar-refractivity contribution in [1.29, 1.82) is 0 Å². The van der Waals surface area contributed by atoms with Crippen molar-refractivity contribution in [3.8, 4) is 0 Å². The molecule has 0 radical (unpaired) electrons. The number of piperidine rings is 1. The molecule has 0 spiro atoms. The first-order valence-electron chi connectivity index (χ1n) is 5.20. The van der Waals surface area contributed by atoms with Gasteiger partial charge in [-0.15, -0.1) is 0 Å². The molecule has 0 N–H and O–H groups in total. The van der Waals surface area contributed by atoms with Crippen LogP contribution in [0.15, 0.2) is 0 Å². The van der Waals surface area contributed by atoms with Crippen molar-refractivity contribution < 1.29 is 14.7 Å². The normalized spacial score (nSPS) is 26.4. The molecule has 1 aliphatic heterocycles. The number of hydrogen-bond donors (Lipinski definition) is 1. The average molecular weight is 230 g/mol. The minimum absolute atomic E-state index is 0.00552.